The second kappa shape index (κ2) is 7.28. The molecule has 0 aliphatic heterocycles. The summed E-state index contributed by atoms with van der Waals surface area (Å²) in [6, 6.07) is 10.6. The molecule has 1 aromatic carbocycles. The average Bonchev–Trinajstić information content (AvgIpc) is 2.99. The van der Waals surface area contributed by atoms with Gasteiger partial charge in [0.05, 0.1) is 30.3 Å². The van der Waals surface area contributed by atoms with Crippen LogP contribution in [0, 0.1) is 0 Å². The van der Waals surface area contributed by atoms with Gasteiger partial charge in [-0.2, -0.15) is 0 Å². The van der Waals surface area contributed by atoms with Crippen molar-refractivity contribution < 1.29 is 13.9 Å². The number of aliphatic imine (C=N–C) groups is 1. The lowest BCUT2D eigenvalue weighted by Gasteiger charge is -2.03. The van der Waals surface area contributed by atoms with E-state index in [1.165, 1.54) is 0 Å². The van der Waals surface area contributed by atoms with Crippen molar-refractivity contribution in [3.63, 3.8) is 0 Å². The average molecular weight is 271 g/mol. The summed E-state index contributed by atoms with van der Waals surface area (Å²) in [5.74, 6) is 0.396. The number of carbonyl (C=O) groups excluding carboxylic acids is 1. The highest BCUT2D eigenvalue weighted by molar-refractivity contribution is 5.90. The first-order chi connectivity index (χ1) is 9.79. The Morgan fingerprint density at radius 3 is 2.75 bits per heavy atom. The molecule has 0 unspecified atom stereocenters. The van der Waals surface area contributed by atoms with E-state index < -0.39 is 0 Å². The Morgan fingerprint density at radius 2 is 2.10 bits per heavy atom. The lowest BCUT2D eigenvalue weighted by atomic mass is 10.2. The van der Waals surface area contributed by atoms with Crippen LogP contribution in [0.5, 0.6) is 0 Å². The van der Waals surface area contributed by atoms with Crippen LogP contribution in [0.1, 0.15) is 35.9 Å². The number of nitrogens with zero attached hydrogens (tertiary/aromatic N) is 1. The molecule has 1 heterocycles. The molecule has 0 spiro atoms. The van der Waals surface area contributed by atoms with Crippen LogP contribution >= 0.6 is 0 Å². The lowest BCUT2D eigenvalue weighted by Crippen LogP contribution is -2.05. The van der Waals surface area contributed by atoms with Gasteiger partial charge in [-0.15, -0.1) is 0 Å². The minimum absolute atomic E-state index is 0.292. The van der Waals surface area contributed by atoms with E-state index in [2.05, 4.69) is 11.9 Å². The molecule has 2 aromatic rings. The van der Waals surface area contributed by atoms with Gasteiger partial charge >= 0.3 is 5.97 Å². The van der Waals surface area contributed by atoms with E-state index >= 15 is 0 Å². The quantitative estimate of drug-likeness (QED) is 0.453. The predicted octanol–water partition coefficient (Wildman–Crippen LogP) is 3.99. The SMILES string of the molecule is CCCCOC(=O)c1ccc(N=Cc2ccco2)cc1. The summed E-state index contributed by atoms with van der Waals surface area (Å²) in [5, 5.41) is 0. The number of unbranched alkanes of at least 4 members (excludes halogenated alkanes) is 1. The number of hydrogen-bond acceptors (Lipinski definition) is 4. The van der Waals surface area contributed by atoms with E-state index in [4.69, 9.17) is 9.15 Å². The van der Waals surface area contributed by atoms with Gasteiger partial charge in [-0.3, -0.25) is 4.99 Å². The summed E-state index contributed by atoms with van der Waals surface area (Å²) in [6.45, 7) is 2.52. The zero-order valence-corrected chi connectivity index (χ0v) is 11.4. The number of rotatable bonds is 6. The minimum Gasteiger partial charge on any atom is -0.463 e. The second-order valence-electron chi connectivity index (χ2n) is 4.31. The van der Waals surface area contributed by atoms with Crippen molar-refractivity contribution in [3.05, 3.63) is 54.0 Å². The highest BCUT2D eigenvalue weighted by Crippen LogP contribution is 2.14. The van der Waals surface area contributed by atoms with Crippen molar-refractivity contribution in [2.24, 2.45) is 4.99 Å². The lowest BCUT2D eigenvalue weighted by molar-refractivity contribution is 0.0500. The Bertz CT molecular complexity index is 556. The van der Waals surface area contributed by atoms with Gasteiger partial charge in [0.15, 0.2) is 0 Å². The smallest absolute Gasteiger partial charge is 0.338 e. The fourth-order valence-electron chi connectivity index (χ4n) is 1.58. The Kier molecular flexibility index (Phi) is 5.12. The van der Waals surface area contributed by atoms with Crippen molar-refractivity contribution in [2.45, 2.75) is 19.8 Å². The normalized spacial score (nSPS) is 10.8. The first kappa shape index (κ1) is 14.1. The van der Waals surface area contributed by atoms with Crippen LogP contribution in [0.4, 0.5) is 5.69 Å². The van der Waals surface area contributed by atoms with Gasteiger partial charge in [-0.05, 0) is 42.8 Å². The van der Waals surface area contributed by atoms with Crippen molar-refractivity contribution in [1.82, 2.24) is 0 Å². The van der Waals surface area contributed by atoms with Crippen LogP contribution in [0.15, 0.2) is 52.1 Å². The van der Waals surface area contributed by atoms with Crippen molar-refractivity contribution in [1.29, 1.82) is 0 Å². The van der Waals surface area contributed by atoms with Crippen molar-refractivity contribution >= 4 is 17.9 Å². The molecular weight excluding hydrogens is 254 g/mol. The molecule has 2 rings (SSSR count). The van der Waals surface area contributed by atoms with Crippen LogP contribution in [-0.2, 0) is 4.74 Å². The summed E-state index contributed by atoms with van der Waals surface area (Å²) >= 11 is 0. The second-order valence-corrected chi connectivity index (χ2v) is 4.31. The molecule has 0 aliphatic rings. The van der Waals surface area contributed by atoms with Gasteiger partial charge in [-0.25, -0.2) is 4.79 Å². The Labute approximate surface area is 118 Å². The molecule has 4 heteroatoms. The molecule has 4 nitrogen and oxygen atoms in total. The summed E-state index contributed by atoms with van der Waals surface area (Å²) in [6.07, 6.45) is 5.12. The van der Waals surface area contributed by atoms with Crippen LogP contribution in [0.25, 0.3) is 0 Å². The van der Waals surface area contributed by atoms with E-state index in [0.29, 0.717) is 17.9 Å². The van der Waals surface area contributed by atoms with Crippen LogP contribution < -0.4 is 0 Å². The van der Waals surface area contributed by atoms with Gasteiger partial charge in [-0.1, -0.05) is 13.3 Å². The van der Waals surface area contributed by atoms with E-state index in [0.717, 1.165) is 18.5 Å². The topological polar surface area (TPSA) is 51.8 Å². The Morgan fingerprint density at radius 1 is 1.30 bits per heavy atom. The van der Waals surface area contributed by atoms with Crippen LogP contribution in [-0.4, -0.2) is 18.8 Å². The maximum Gasteiger partial charge on any atom is 0.338 e. The fourth-order valence-corrected chi connectivity index (χ4v) is 1.58. The molecule has 0 radical (unpaired) electrons. The molecule has 0 atom stereocenters. The minimum atomic E-state index is -0.292. The van der Waals surface area contributed by atoms with Gasteiger partial charge in [0, 0.05) is 0 Å². The molecule has 0 saturated heterocycles. The number of ether oxygens (including phenoxy) is 1. The molecule has 0 saturated carbocycles. The van der Waals surface area contributed by atoms with Gasteiger partial charge in [0.25, 0.3) is 0 Å². The van der Waals surface area contributed by atoms with Crippen molar-refractivity contribution in [3.8, 4) is 0 Å². The number of esters is 1. The third-order valence-electron chi connectivity index (χ3n) is 2.72. The molecule has 0 N–H and O–H groups in total. The van der Waals surface area contributed by atoms with E-state index in [-0.39, 0.29) is 5.97 Å². The Hall–Kier alpha value is -2.36. The molecule has 104 valence electrons. The molecule has 0 fully saturated rings. The van der Waals surface area contributed by atoms with E-state index in [1.807, 2.05) is 6.07 Å². The number of carbonyl (C=O) groups is 1. The third kappa shape index (κ3) is 4.09. The highest BCUT2D eigenvalue weighted by atomic mass is 16.5. The summed E-state index contributed by atoms with van der Waals surface area (Å²) in [7, 11) is 0. The number of benzene rings is 1. The summed E-state index contributed by atoms with van der Waals surface area (Å²) in [5.41, 5.74) is 1.30. The highest BCUT2D eigenvalue weighted by Gasteiger charge is 2.05. The monoisotopic (exact) mass is 271 g/mol. The maximum atomic E-state index is 11.7. The van der Waals surface area contributed by atoms with E-state index in [1.54, 1.807) is 42.8 Å². The summed E-state index contributed by atoms with van der Waals surface area (Å²) < 4.78 is 10.3. The van der Waals surface area contributed by atoms with Crippen LogP contribution in [0.2, 0.25) is 0 Å². The third-order valence-corrected chi connectivity index (χ3v) is 2.72. The first-order valence-corrected chi connectivity index (χ1v) is 6.64. The zero-order valence-electron chi connectivity index (χ0n) is 11.4. The largest absolute Gasteiger partial charge is 0.463 e. The standard InChI is InChI=1S/C16H17NO3/c1-2-3-10-20-16(18)13-6-8-14(9-7-13)17-12-15-5-4-11-19-15/h4-9,11-12H,2-3,10H2,1H3. The summed E-state index contributed by atoms with van der Waals surface area (Å²) in [4.78, 5) is 16.0. The predicted molar refractivity (Wildman–Crippen MR) is 77.6 cm³/mol. The van der Waals surface area contributed by atoms with E-state index in [9.17, 15) is 4.79 Å². The molecular formula is C16H17NO3. The molecule has 0 bridgehead atoms. The van der Waals surface area contributed by atoms with Crippen molar-refractivity contribution in [2.75, 3.05) is 6.61 Å². The first-order valence-electron chi connectivity index (χ1n) is 6.64. The Balaban J connectivity index is 1.94. The van der Waals surface area contributed by atoms with Gasteiger partial charge < -0.3 is 9.15 Å². The molecule has 0 aliphatic carbocycles. The molecule has 1 aromatic heterocycles. The number of furan rings is 1. The van der Waals surface area contributed by atoms with Gasteiger partial charge in [0.1, 0.15) is 5.76 Å². The maximum absolute atomic E-state index is 11.7. The van der Waals surface area contributed by atoms with Crippen LogP contribution in [0.3, 0.4) is 0 Å². The fraction of sp³-hybridized carbons (Fsp3) is 0.250. The molecule has 0 amide bonds. The van der Waals surface area contributed by atoms with Gasteiger partial charge in [0.2, 0.25) is 0 Å². The molecule has 20 heavy (non-hydrogen) atoms. The zero-order chi connectivity index (χ0) is 14.2. The number of hydrogen-bond donors (Lipinski definition) is 0.